The quantitative estimate of drug-likeness (QED) is 0.540. The molecule has 0 unspecified atom stereocenters. The first-order chi connectivity index (χ1) is 5.91. The Bertz CT molecular complexity index is 66.2. The molecule has 1 N–H and O–H groups in total. The predicted octanol–water partition coefficient (Wildman–Crippen LogP) is 2.19. The summed E-state index contributed by atoms with van der Waals surface area (Å²) >= 11 is 0. The van der Waals surface area contributed by atoms with Gasteiger partial charge in [-0.1, -0.05) is 26.7 Å². The molecule has 0 atom stereocenters. The fourth-order valence-electron chi connectivity index (χ4n) is 0.920. The first-order valence-electron chi connectivity index (χ1n) is 5.20. The lowest BCUT2D eigenvalue weighted by Gasteiger charge is -2.04. The first kappa shape index (κ1) is 11.9. The molecular weight excluding hydrogens is 150 g/mol. The van der Waals surface area contributed by atoms with Crippen LogP contribution >= 0.6 is 0 Å². The SMILES string of the molecule is CCCCNCCOCCCC. The van der Waals surface area contributed by atoms with Crippen molar-refractivity contribution in [1.29, 1.82) is 0 Å². The Morgan fingerprint density at radius 3 is 2.33 bits per heavy atom. The number of nitrogens with one attached hydrogen (secondary N) is 1. The Labute approximate surface area is 76.7 Å². The van der Waals surface area contributed by atoms with E-state index >= 15 is 0 Å². The summed E-state index contributed by atoms with van der Waals surface area (Å²) in [5.41, 5.74) is 0. The molecule has 0 saturated carbocycles. The molecule has 0 aromatic rings. The van der Waals surface area contributed by atoms with Crippen molar-refractivity contribution in [2.45, 2.75) is 39.5 Å². The lowest BCUT2D eigenvalue weighted by molar-refractivity contribution is 0.133. The highest BCUT2D eigenvalue weighted by Gasteiger charge is 1.87. The molecule has 0 bridgehead atoms. The van der Waals surface area contributed by atoms with Crippen molar-refractivity contribution in [2.75, 3.05) is 26.3 Å². The van der Waals surface area contributed by atoms with Crippen LogP contribution in [0.25, 0.3) is 0 Å². The monoisotopic (exact) mass is 173 g/mol. The highest BCUT2D eigenvalue weighted by Crippen LogP contribution is 1.87. The molecule has 0 aliphatic heterocycles. The Morgan fingerprint density at radius 2 is 1.67 bits per heavy atom. The molecule has 0 saturated heterocycles. The predicted molar refractivity (Wildman–Crippen MR) is 53.5 cm³/mol. The Balaban J connectivity index is 2.73. The summed E-state index contributed by atoms with van der Waals surface area (Å²) in [6.45, 7) is 8.31. The summed E-state index contributed by atoms with van der Waals surface area (Å²) in [5, 5.41) is 3.34. The average molecular weight is 173 g/mol. The molecule has 0 spiro atoms. The summed E-state index contributed by atoms with van der Waals surface area (Å²) in [6.07, 6.45) is 4.96. The van der Waals surface area contributed by atoms with Gasteiger partial charge in [-0.2, -0.15) is 0 Å². The van der Waals surface area contributed by atoms with Crippen molar-refractivity contribution >= 4 is 0 Å². The number of rotatable bonds is 9. The number of hydrogen-bond acceptors (Lipinski definition) is 2. The van der Waals surface area contributed by atoms with Gasteiger partial charge < -0.3 is 10.1 Å². The maximum absolute atomic E-state index is 5.39. The maximum atomic E-state index is 5.39. The highest BCUT2D eigenvalue weighted by molar-refractivity contribution is 4.45. The van der Waals surface area contributed by atoms with Crippen molar-refractivity contribution in [3.05, 3.63) is 0 Å². The van der Waals surface area contributed by atoms with Gasteiger partial charge in [0, 0.05) is 13.2 Å². The molecule has 0 heterocycles. The van der Waals surface area contributed by atoms with E-state index in [1.165, 1.54) is 25.7 Å². The second-order valence-electron chi connectivity index (χ2n) is 3.07. The second-order valence-corrected chi connectivity index (χ2v) is 3.07. The summed E-state index contributed by atoms with van der Waals surface area (Å²) in [4.78, 5) is 0. The van der Waals surface area contributed by atoms with Gasteiger partial charge in [0.1, 0.15) is 0 Å². The van der Waals surface area contributed by atoms with Gasteiger partial charge in [-0.15, -0.1) is 0 Å². The summed E-state index contributed by atoms with van der Waals surface area (Å²) < 4.78 is 5.39. The van der Waals surface area contributed by atoms with Crippen molar-refractivity contribution < 1.29 is 4.74 Å². The van der Waals surface area contributed by atoms with E-state index in [1.807, 2.05) is 0 Å². The first-order valence-corrected chi connectivity index (χ1v) is 5.20. The second kappa shape index (κ2) is 10.9. The summed E-state index contributed by atoms with van der Waals surface area (Å²) in [5.74, 6) is 0. The average Bonchev–Trinajstić information content (AvgIpc) is 2.10. The molecule has 0 amide bonds. The molecule has 0 rings (SSSR count). The number of ether oxygens (including phenoxy) is 1. The van der Waals surface area contributed by atoms with Crippen LogP contribution in [-0.4, -0.2) is 26.3 Å². The largest absolute Gasteiger partial charge is 0.380 e. The minimum absolute atomic E-state index is 0.865. The normalized spacial score (nSPS) is 10.5. The molecule has 2 heteroatoms. The number of hydrogen-bond donors (Lipinski definition) is 1. The molecule has 0 radical (unpaired) electrons. The van der Waals surface area contributed by atoms with Gasteiger partial charge in [-0.05, 0) is 19.4 Å². The van der Waals surface area contributed by atoms with Crippen LogP contribution in [0.2, 0.25) is 0 Å². The van der Waals surface area contributed by atoms with E-state index in [1.54, 1.807) is 0 Å². The zero-order valence-electron chi connectivity index (χ0n) is 8.57. The van der Waals surface area contributed by atoms with Crippen molar-refractivity contribution in [3.63, 3.8) is 0 Å². The highest BCUT2D eigenvalue weighted by atomic mass is 16.5. The topological polar surface area (TPSA) is 21.3 Å². The van der Waals surface area contributed by atoms with Crippen LogP contribution in [0.4, 0.5) is 0 Å². The number of unbranched alkanes of at least 4 members (excludes halogenated alkanes) is 2. The van der Waals surface area contributed by atoms with Crippen LogP contribution in [0, 0.1) is 0 Å². The van der Waals surface area contributed by atoms with Gasteiger partial charge in [0.2, 0.25) is 0 Å². The van der Waals surface area contributed by atoms with Crippen LogP contribution in [0.15, 0.2) is 0 Å². The third kappa shape index (κ3) is 9.92. The van der Waals surface area contributed by atoms with E-state index in [-0.39, 0.29) is 0 Å². The van der Waals surface area contributed by atoms with Crippen LogP contribution in [0.1, 0.15) is 39.5 Å². The lowest BCUT2D eigenvalue weighted by Crippen LogP contribution is -2.20. The minimum atomic E-state index is 0.865. The van der Waals surface area contributed by atoms with Crippen molar-refractivity contribution in [1.82, 2.24) is 5.32 Å². The van der Waals surface area contributed by atoms with Gasteiger partial charge >= 0.3 is 0 Å². The fraction of sp³-hybridized carbons (Fsp3) is 1.00. The van der Waals surface area contributed by atoms with E-state index in [0.29, 0.717) is 0 Å². The summed E-state index contributed by atoms with van der Waals surface area (Å²) in [6, 6.07) is 0. The van der Waals surface area contributed by atoms with E-state index in [2.05, 4.69) is 19.2 Å². The van der Waals surface area contributed by atoms with Crippen LogP contribution < -0.4 is 5.32 Å². The Morgan fingerprint density at radius 1 is 0.917 bits per heavy atom. The van der Waals surface area contributed by atoms with E-state index < -0.39 is 0 Å². The van der Waals surface area contributed by atoms with Crippen LogP contribution in [0.3, 0.4) is 0 Å². The molecule has 0 fully saturated rings. The van der Waals surface area contributed by atoms with Gasteiger partial charge in [0.25, 0.3) is 0 Å². The lowest BCUT2D eigenvalue weighted by atomic mass is 10.3. The minimum Gasteiger partial charge on any atom is -0.380 e. The molecule has 0 aliphatic carbocycles. The van der Waals surface area contributed by atoms with Gasteiger partial charge in [0.15, 0.2) is 0 Å². The zero-order chi connectivity index (χ0) is 9.07. The fourth-order valence-corrected chi connectivity index (χ4v) is 0.920. The van der Waals surface area contributed by atoms with Crippen molar-refractivity contribution in [2.24, 2.45) is 0 Å². The van der Waals surface area contributed by atoms with Crippen LogP contribution in [0.5, 0.6) is 0 Å². The zero-order valence-corrected chi connectivity index (χ0v) is 8.57. The van der Waals surface area contributed by atoms with Gasteiger partial charge in [-0.25, -0.2) is 0 Å². The molecule has 74 valence electrons. The standard InChI is InChI=1S/C10H23NO/c1-3-5-7-11-8-10-12-9-6-4-2/h11H,3-10H2,1-2H3. The molecule has 0 aromatic heterocycles. The van der Waals surface area contributed by atoms with E-state index in [0.717, 1.165) is 26.3 Å². The Kier molecular flexibility index (Phi) is 10.8. The Hall–Kier alpha value is -0.0800. The molecule has 0 aliphatic rings. The summed E-state index contributed by atoms with van der Waals surface area (Å²) in [7, 11) is 0. The van der Waals surface area contributed by atoms with Crippen LogP contribution in [-0.2, 0) is 4.74 Å². The van der Waals surface area contributed by atoms with E-state index in [9.17, 15) is 0 Å². The molecule has 12 heavy (non-hydrogen) atoms. The molecule has 2 nitrogen and oxygen atoms in total. The van der Waals surface area contributed by atoms with E-state index in [4.69, 9.17) is 4.74 Å². The maximum Gasteiger partial charge on any atom is 0.0590 e. The van der Waals surface area contributed by atoms with Gasteiger partial charge in [0.05, 0.1) is 6.61 Å². The third-order valence-corrected chi connectivity index (χ3v) is 1.77. The van der Waals surface area contributed by atoms with Gasteiger partial charge in [-0.3, -0.25) is 0 Å². The molecule has 0 aromatic carbocycles. The third-order valence-electron chi connectivity index (χ3n) is 1.77. The van der Waals surface area contributed by atoms with Crippen molar-refractivity contribution in [3.8, 4) is 0 Å². The smallest absolute Gasteiger partial charge is 0.0590 e. The molecular formula is C10H23NO.